The number of piperidine rings is 1. The normalized spacial score (nSPS) is 23.8. The van der Waals surface area contributed by atoms with Crippen LogP contribution in [0.25, 0.3) is 0 Å². The van der Waals surface area contributed by atoms with Crippen molar-refractivity contribution in [3.63, 3.8) is 0 Å². The number of rotatable bonds is 3. The quantitative estimate of drug-likeness (QED) is 0.920. The smallest absolute Gasteiger partial charge is 0.126 e. The third kappa shape index (κ3) is 2.87. The highest BCUT2D eigenvalue weighted by atomic mass is 35.5. The van der Waals surface area contributed by atoms with Crippen LogP contribution >= 0.6 is 11.6 Å². The van der Waals surface area contributed by atoms with Crippen LogP contribution in [0.4, 0.5) is 4.39 Å². The summed E-state index contributed by atoms with van der Waals surface area (Å²) in [6.45, 7) is 2.48. The Kier molecular flexibility index (Phi) is 3.94. The number of benzene rings is 1. The summed E-state index contributed by atoms with van der Waals surface area (Å²) in [5, 5.41) is 3.96. The lowest BCUT2D eigenvalue weighted by molar-refractivity contribution is 0.190. The Bertz CT molecular complexity index is 460. The van der Waals surface area contributed by atoms with Crippen LogP contribution in [0.1, 0.15) is 24.0 Å². The topological polar surface area (TPSA) is 21.3 Å². The number of ether oxygens (including phenoxy) is 1. The Balaban J connectivity index is 1.75. The van der Waals surface area contributed by atoms with E-state index >= 15 is 0 Å². The van der Waals surface area contributed by atoms with Gasteiger partial charge in [0, 0.05) is 30.3 Å². The molecular weight excluding hydrogens is 265 g/mol. The SMILES string of the molecule is FC(Cc1cc(Cl)cc2c1OCC2)C1CCCNC1. The molecule has 2 aliphatic rings. The van der Waals surface area contributed by atoms with Crippen LogP contribution in [-0.2, 0) is 12.8 Å². The minimum absolute atomic E-state index is 0.116. The van der Waals surface area contributed by atoms with E-state index < -0.39 is 6.17 Å². The molecule has 0 saturated carbocycles. The molecule has 0 bridgehead atoms. The van der Waals surface area contributed by atoms with Crippen LogP contribution in [0.2, 0.25) is 5.02 Å². The van der Waals surface area contributed by atoms with Gasteiger partial charge in [0.05, 0.1) is 6.61 Å². The van der Waals surface area contributed by atoms with E-state index in [0.717, 1.165) is 49.2 Å². The van der Waals surface area contributed by atoms with Crippen molar-refractivity contribution < 1.29 is 9.13 Å². The molecule has 1 N–H and O–H groups in total. The molecule has 0 aliphatic carbocycles. The third-order valence-electron chi connectivity index (χ3n) is 4.09. The molecule has 2 unspecified atom stereocenters. The van der Waals surface area contributed by atoms with E-state index in [-0.39, 0.29) is 5.92 Å². The maximum absolute atomic E-state index is 14.4. The van der Waals surface area contributed by atoms with E-state index in [1.165, 1.54) is 0 Å². The van der Waals surface area contributed by atoms with Gasteiger partial charge < -0.3 is 10.1 Å². The number of fused-ring (bicyclic) bond motifs is 1. The number of alkyl halides is 1. The molecule has 0 spiro atoms. The Morgan fingerprint density at radius 1 is 1.47 bits per heavy atom. The van der Waals surface area contributed by atoms with E-state index in [2.05, 4.69) is 5.32 Å². The summed E-state index contributed by atoms with van der Waals surface area (Å²) in [6.07, 6.45) is 2.51. The molecular formula is C15H19ClFNO. The van der Waals surface area contributed by atoms with Crippen molar-refractivity contribution in [2.45, 2.75) is 31.9 Å². The molecule has 0 radical (unpaired) electrons. The average molecular weight is 284 g/mol. The lowest BCUT2D eigenvalue weighted by atomic mass is 9.90. The van der Waals surface area contributed by atoms with Gasteiger partial charge in [-0.1, -0.05) is 11.6 Å². The van der Waals surface area contributed by atoms with Crippen molar-refractivity contribution in [2.75, 3.05) is 19.7 Å². The molecule has 0 aromatic heterocycles. The standard InChI is InChI=1S/C15H19ClFNO/c16-13-6-10-3-5-19-15(10)12(7-13)8-14(17)11-2-1-4-18-9-11/h6-7,11,14,18H,1-5,8-9H2. The van der Waals surface area contributed by atoms with Gasteiger partial charge >= 0.3 is 0 Å². The van der Waals surface area contributed by atoms with Crippen molar-refractivity contribution in [2.24, 2.45) is 5.92 Å². The monoisotopic (exact) mass is 283 g/mol. The number of halogens is 2. The van der Waals surface area contributed by atoms with Gasteiger partial charge in [-0.15, -0.1) is 0 Å². The van der Waals surface area contributed by atoms with Crippen LogP contribution in [0.15, 0.2) is 12.1 Å². The first kappa shape index (κ1) is 13.2. The zero-order valence-corrected chi connectivity index (χ0v) is 11.7. The summed E-state index contributed by atoms with van der Waals surface area (Å²) in [5.74, 6) is 0.987. The van der Waals surface area contributed by atoms with Gasteiger partial charge in [-0.2, -0.15) is 0 Å². The molecule has 0 amide bonds. The van der Waals surface area contributed by atoms with Gasteiger partial charge in [0.15, 0.2) is 0 Å². The maximum Gasteiger partial charge on any atom is 0.126 e. The largest absolute Gasteiger partial charge is 0.493 e. The molecule has 19 heavy (non-hydrogen) atoms. The van der Waals surface area contributed by atoms with Crippen molar-refractivity contribution in [1.82, 2.24) is 5.32 Å². The van der Waals surface area contributed by atoms with E-state index in [4.69, 9.17) is 16.3 Å². The first-order chi connectivity index (χ1) is 9.24. The molecule has 1 saturated heterocycles. The molecule has 3 rings (SSSR count). The van der Waals surface area contributed by atoms with Crippen molar-refractivity contribution in [1.29, 1.82) is 0 Å². The molecule has 1 fully saturated rings. The maximum atomic E-state index is 14.4. The second-order valence-electron chi connectivity index (χ2n) is 5.48. The summed E-state index contributed by atoms with van der Waals surface area (Å²) in [7, 11) is 0. The number of nitrogens with one attached hydrogen (secondary N) is 1. The summed E-state index contributed by atoms with van der Waals surface area (Å²) in [4.78, 5) is 0. The van der Waals surface area contributed by atoms with Gasteiger partial charge in [-0.25, -0.2) is 4.39 Å². The van der Waals surface area contributed by atoms with Crippen LogP contribution in [-0.4, -0.2) is 25.9 Å². The highest BCUT2D eigenvalue weighted by Gasteiger charge is 2.26. The minimum atomic E-state index is -0.820. The van der Waals surface area contributed by atoms with E-state index in [0.29, 0.717) is 18.1 Å². The Morgan fingerprint density at radius 2 is 2.37 bits per heavy atom. The van der Waals surface area contributed by atoms with E-state index in [1.807, 2.05) is 12.1 Å². The fraction of sp³-hybridized carbons (Fsp3) is 0.600. The van der Waals surface area contributed by atoms with Crippen molar-refractivity contribution >= 4 is 11.6 Å². The summed E-state index contributed by atoms with van der Waals surface area (Å²) >= 11 is 6.11. The van der Waals surface area contributed by atoms with Gasteiger partial charge in [-0.3, -0.25) is 0 Å². The molecule has 2 heterocycles. The lowest BCUT2D eigenvalue weighted by Crippen LogP contribution is -2.35. The fourth-order valence-electron chi connectivity index (χ4n) is 3.06. The lowest BCUT2D eigenvalue weighted by Gasteiger charge is -2.26. The highest BCUT2D eigenvalue weighted by Crippen LogP contribution is 2.35. The van der Waals surface area contributed by atoms with Crippen LogP contribution < -0.4 is 10.1 Å². The summed E-state index contributed by atoms with van der Waals surface area (Å²) in [5.41, 5.74) is 2.05. The van der Waals surface area contributed by atoms with Crippen molar-refractivity contribution in [3.8, 4) is 5.75 Å². The zero-order valence-electron chi connectivity index (χ0n) is 10.9. The summed E-state index contributed by atoms with van der Waals surface area (Å²) < 4.78 is 20.1. The molecule has 2 nitrogen and oxygen atoms in total. The minimum Gasteiger partial charge on any atom is -0.493 e. The van der Waals surface area contributed by atoms with Crippen molar-refractivity contribution in [3.05, 3.63) is 28.3 Å². The second kappa shape index (κ2) is 5.68. The second-order valence-corrected chi connectivity index (χ2v) is 5.91. The van der Waals surface area contributed by atoms with Crippen LogP contribution in [0, 0.1) is 5.92 Å². The molecule has 4 heteroatoms. The first-order valence-corrected chi connectivity index (χ1v) is 7.40. The average Bonchev–Trinajstić information content (AvgIpc) is 2.88. The third-order valence-corrected chi connectivity index (χ3v) is 4.30. The fourth-order valence-corrected chi connectivity index (χ4v) is 3.33. The Morgan fingerprint density at radius 3 is 3.16 bits per heavy atom. The predicted octanol–water partition coefficient (Wildman–Crippen LogP) is 3.16. The van der Waals surface area contributed by atoms with E-state index in [9.17, 15) is 4.39 Å². The summed E-state index contributed by atoms with van der Waals surface area (Å²) in [6, 6.07) is 3.79. The van der Waals surface area contributed by atoms with Crippen LogP contribution in [0.5, 0.6) is 5.75 Å². The first-order valence-electron chi connectivity index (χ1n) is 7.03. The van der Waals surface area contributed by atoms with Gasteiger partial charge in [-0.05, 0) is 42.6 Å². The highest BCUT2D eigenvalue weighted by molar-refractivity contribution is 6.30. The zero-order chi connectivity index (χ0) is 13.2. The number of hydrogen-bond acceptors (Lipinski definition) is 2. The molecule has 104 valence electrons. The van der Waals surface area contributed by atoms with Gasteiger partial charge in [0.2, 0.25) is 0 Å². The molecule has 2 aliphatic heterocycles. The Labute approximate surface area is 118 Å². The predicted molar refractivity (Wildman–Crippen MR) is 74.8 cm³/mol. The van der Waals surface area contributed by atoms with E-state index in [1.54, 1.807) is 0 Å². The van der Waals surface area contributed by atoms with Gasteiger partial charge in [0.1, 0.15) is 11.9 Å². The van der Waals surface area contributed by atoms with Crippen LogP contribution in [0.3, 0.4) is 0 Å². The Hall–Kier alpha value is -0.800. The molecule has 1 aromatic rings. The number of hydrogen-bond donors (Lipinski definition) is 1. The molecule has 2 atom stereocenters. The molecule has 1 aromatic carbocycles. The van der Waals surface area contributed by atoms with Gasteiger partial charge in [0.25, 0.3) is 0 Å².